The summed E-state index contributed by atoms with van der Waals surface area (Å²) in [6.07, 6.45) is 12.1. The second-order valence-electron chi connectivity index (χ2n) is 3.88. The molecule has 0 aromatic heterocycles. The molecule has 0 amide bonds. The lowest BCUT2D eigenvalue weighted by atomic mass is 10.0. The number of esters is 1. The minimum absolute atomic E-state index is 0.274. The highest BCUT2D eigenvalue weighted by Crippen LogP contribution is 2.21. The van der Waals surface area contributed by atoms with Crippen molar-refractivity contribution < 1.29 is 9.53 Å². The molecule has 0 aliphatic carbocycles. The Bertz CT molecular complexity index is 433. The monoisotopic (exact) mass is 232 g/mol. The zero-order valence-electron chi connectivity index (χ0n) is 10.0. The molecule has 90 valence electrons. The van der Waals surface area contributed by atoms with Crippen LogP contribution in [-0.2, 0) is 9.53 Å². The number of hydrogen-bond donors (Lipinski definition) is 1. The highest BCUT2D eigenvalue weighted by Gasteiger charge is 2.23. The molecule has 0 saturated heterocycles. The molecule has 0 fully saturated rings. The van der Waals surface area contributed by atoms with Gasteiger partial charge in [-0.1, -0.05) is 12.2 Å². The van der Waals surface area contributed by atoms with Gasteiger partial charge in [0.2, 0.25) is 0 Å². The fraction of sp³-hybridized carbons (Fsp3) is 0.308. The van der Waals surface area contributed by atoms with Crippen molar-refractivity contribution in [1.29, 1.82) is 0 Å². The summed E-state index contributed by atoms with van der Waals surface area (Å²) in [7, 11) is 3.15. The predicted octanol–water partition coefficient (Wildman–Crippen LogP) is 0.957. The lowest BCUT2D eigenvalue weighted by Gasteiger charge is -2.28. The highest BCUT2D eigenvalue weighted by molar-refractivity contribution is 5.80. The molecule has 1 atom stereocenters. The van der Waals surface area contributed by atoms with Crippen LogP contribution < -0.4 is 5.32 Å². The first-order chi connectivity index (χ1) is 8.26. The fourth-order valence-electron chi connectivity index (χ4n) is 1.93. The van der Waals surface area contributed by atoms with Crippen LogP contribution in [0.2, 0.25) is 0 Å². The largest absolute Gasteiger partial charge is 0.468 e. The lowest BCUT2D eigenvalue weighted by Crippen LogP contribution is -2.37. The SMILES string of the molecule is CNC(C(=O)OC)C1=CC2=CC=CCN2C=C1. The number of rotatable bonds is 3. The number of methoxy groups -OCH3 is 1. The van der Waals surface area contributed by atoms with Gasteiger partial charge in [-0.15, -0.1) is 0 Å². The van der Waals surface area contributed by atoms with Gasteiger partial charge in [-0.2, -0.15) is 0 Å². The molecule has 0 aromatic carbocycles. The second kappa shape index (κ2) is 5.01. The average molecular weight is 232 g/mol. The van der Waals surface area contributed by atoms with E-state index in [1.54, 1.807) is 7.05 Å². The molecule has 0 aromatic rings. The highest BCUT2D eigenvalue weighted by atomic mass is 16.5. The van der Waals surface area contributed by atoms with Crippen molar-refractivity contribution >= 4 is 5.97 Å². The number of allylic oxidation sites excluding steroid dienone is 3. The summed E-state index contributed by atoms with van der Waals surface area (Å²) in [5.41, 5.74) is 2.01. The molecular formula is C13H16N2O2. The molecule has 0 saturated carbocycles. The van der Waals surface area contributed by atoms with Crippen LogP contribution in [-0.4, -0.2) is 37.6 Å². The normalized spacial score (nSPS) is 19.3. The molecule has 4 heteroatoms. The van der Waals surface area contributed by atoms with Crippen LogP contribution >= 0.6 is 0 Å². The quantitative estimate of drug-likeness (QED) is 0.736. The van der Waals surface area contributed by atoms with Crippen molar-refractivity contribution in [3.63, 3.8) is 0 Å². The topological polar surface area (TPSA) is 41.6 Å². The maximum atomic E-state index is 11.6. The van der Waals surface area contributed by atoms with Crippen LogP contribution in [0, 0.1) is 0 Å². The van der Waals surface area contributed by atoms with Crippen LogP contribution in [0.1, 0.15) is 0 Å². The summed E-state index contributed by atoms with van der Waals surface area (Å²) in [4.78, 5) is 13.7. The third-order valence-corrected chi connectivity index (χ3v) is 2.86. The van der Waals surface area contributed by atoms with E-state index in [0.29, 0.717) is 0 Å². The van der Waals surface area contributed by atoms with Gasteiger partial charge in [-0.3, -0.25) is 0 Å². The van der Waals surface area contributed by atoms with Crippen LogP contribution in [0.5, 0.6) is 0 Å². The van der Waals surface area contributed by atoms with Gasteiger partial charge in [0.15, 0.2) is 0 Å². The number of nitrogens with one attached hydrogen (secondary N) is 1. The standard InChI is InChI=1S/C13H16N2O2/c1-14-12(13(16)17-2)10-6-8-15-7-4-3-5-11(15)9-10/h3-6,8-9,12,14H,7H2,1-2H3. The van der Waals surface area contributed by atoms with Gasteiger partial charge in [-0.05, 0) is 30.8 Å². The number of carbonyl (C=O) groups excluding carboxylic acids is 1. The van der Waals surface area contributed by atoms with E-state index in [2.05, 4.69) is 16.3 Å². The van der Waals surface area contributed by atoms with Gasteiger partial charge in [0.1, 0.15) is 6.04 Å². The number of nitrogens with zero attached hydrogens (tertiary/aromatic N) is 1. The number of hydrogen-bond acceptors (Lipinski definition) is 4. The van der Waals surface area contributed by atoms with Gasteiger partial charge in [0.25, 0.3) is 0 Å². The molecule has 2 heterocycles. The molecule has 0 radical (unpaired) electrons. The Morgan fingerprint density at radius 3 is 3.12 bits per heavy atom. The molecule has 1 N–H and O–H groups in total. The Morgan fingerprint density at radius 1 is 1.59 bits per heavy atom. The van der Waals surface area contributed by atoms with Crippen molar-refractivity contribution in [1.82, 2.24) is 10.2 Å². The second-order valence-corrected chi connectivity index (χ2v) is 3.88. The molecule has 17 heavy (non-hydrogen) atoms. The van der Waals surface area contributed by atoms with Gasteiger partial charge < -0.3 is 15.0 Å². The van der Waals surface area contributed by atoms with Gasteiger partial charge >= 0.3 is 5.97 Å². The van der Waals surface area contributed by atoms with E-state index in [1.807, 2.05) is 30.5 Å². The summed E-state index contributed by atoms with van der Waals surface area (Å²) < 4.78 is 4.77. The van der Waals surface area contributed by atoms with E-state index in [4.69, 9.17) is 4.74 Å². The zero-order chi connectivity index (χ0) is 12.3. The maximum absolute atomic E-state index is 11.6. The van der Waals surface area contributed by atoms with E-state index < -0.39 is 6.04 Å². The average Bonchev–Trinajstić information content (AvgIpc) is 2.39. The van der Waals surface area contributed by atoms with Crippen molar-refractivity contribution in [3.8, 4) is 0 Å². The number of fused-ring (bicyclic) bond motifs is 1. The molecule has 2 aliphatic heterocycles. The Morgan fingerprint density at radius 2 is 2.41 bits per heavy atom. The van der Waals surface area contributed by atoms with E-state index in [9.17, 15) is 4.79 Å². The summed E-state index contributed by atoms with van der Waals surface area (Å²) in [6, 6.07) is -0.412. The van der Waals surface area contributed by atoms with E-state index in [0.717, 1.165) is 17.8 Å². The lowest BCUT2D eigenvalue weighted by molar-refractivity contribution is -0.141. The minimum atomic E-state index is -0.412. The van der Waals surface area contributed by atoms with Gasteiger partial charge in [0, 0.05) is 18.4 Å². The maximum Gasteiger partial charge on any atom is 0.327 e. The van der Waals surface area contributed by atoms with Crippen molar-refractivity contribution in [2.75, 3.05) is 20.7 Å². The smallest absolute Gasteiger partial charge is 0.327 e. The van der Waals surface area contributed by atoms with Crippen molar-refractivity contribution in [2.24, 2.45) is 0 Å². The zero-order valence-corrected chi connectivity index (χ0v) is 10.0. The fourth-order valence-corrected chi connectivity index (χ4v) is 1.93. The van der Waals surface area contributed by atoms with Crippen molar-refractivity contribution in [3.05, 3.63) is 47.9 Å². The van der Waals surface area contributed by atoms with E-state index >= 15 is 0 Å². The van der Waals surface area contributed by atoms with Crippen LogP contribution in [0.15, 0.2) is 47.9 Å². The first-order valence-corrected chi connectivity index (χ1v) is 5.54. The molecule has 2 aliphatic rings. The summed E-state index contributed by atoms with van der Waals surface area (Å²) >= 11 is 0. The van der Waals surface area contributed by atoms with Crippen LogP contribution in [0.4, 0.5) is 0 Å². The molecule has 4 nitrogen and oxygen atoms in total. The summed E-state index contributed by atoms with van der Waals surface area (Å²) in [6.45, 7) is 0.870. The van der Waals surface area contributed by atoms with E-state index in [1.165, 1.54) is 7.11 Å². The Balaban J connectivity index is 2.24. The Hall–Kier alpha value is -1.81. The van der Waals surface area contributed by atoms with E-state index in [-0.39, 0.29) is 5.97 Å². The number of likely N-dealkylation sites (N-methyl/N-ethyl adjacent to an activating group) is 1. The molecular weight excluding hydrogens is 216 g/mol. The van der Waals surface area contributed by atoms with Crippen LogP contribution in [0.25, 0.3) is 0 Å². The summed E-state index contributed by atoms with van der Waals surface area (Å²) in [5, 5.41) is 2.96. The molecule has 0 spiro atoms. The predicted molar refractivity (Wildman–Crippen MR) is 66.0 cm³/mol. The molecule has 0 bridgehead atoms. The summed E-state index contributed by atoms with van der Waals surface area (Å²) in [5.74, 6) is -0.274. The van der Waals surface area contributed by atoms with Gasteiger partial charge in [-0.25, -0.2) is 4.79 Å². The number of ether oxygens (including phenoxy) is 1. The molecule has 2 rings (SSSR count). The third-order valence-electron chi connectivity index (χ3n) is 2.86. The first-order valence-electron chi connectivity index (χ1n) is 5.54. The molecule has 1 unspecified atom stereocenters. The third kappa shape index (κ3) is 2.31. The van der Waals surface area contributed by atoms with Crippen molar-refractivity contribution in [2.45, 2.75) is 6.04 Å². The Kier molecular flexibility index (Phi) is 3.44. The number of carbonyl (C=O) groups is 1. The van der Waals surface area contributed by atoms with Gasteiger partial charge in [0.05, 0.1) is 7.11 Å². The Labute approximate surface area is 101 Å². The minimum Gasteiger partial charge on any atom is -0.468 e. The first kappa shape index (κ1) is 11.7. The van der Waals surface area contributed by atoms with Crippen LogP contribution in [0.3, 0.4) is 0 Å².